The summed E-state index contributed by atoms with van der Waals surface area (Å²) in [7, 11) is 4.03. The summed E-state index contributed by atoms with van der Waals surface area (Å²) in [5, 5.41) is 5.93. The number of thiophene rings is 1. The average Bonchev–Trinajstić information content (AvgIpc) is 3.55. The number of nitrogens with one attached hydrogen (secondary N) is 1. The van der Waals surface area contributed by atoms with E-state index >= 15 is 0 Å². The smallest absolute Gasteiger partial charge is 0.317 e. The van der Waals surface area contributed by atoms with Crippen molar-refractivity contribution in [2.75, 3.05) is 43.4 Å². The molecule has 33 heavy (non-hydrogen) atoms. The quantitative estimate of drug-likeness (QED) is 0.223. The fraction of sp³-hybridized carbons (Fsp3) is 0.500. The second-order valence-electron chi connectivity index (χ2n) is 8.48. The van der Waals surface area contributed by atoms with Gasteiger partial charge in [0.05, 0.1) is 10.6 Å². The molecule has 2 amide bonds. The summed E-state index contributed by atoms with van der Waals surface area (Å²) in [5.41, 5.74) is 9.32. The summed E-state index contributed by atoms with van der Waals surface area (Å²) >= 11 is 1.59. The number of amidine groups is 1. The molecular weight excluding hydrogens is 470 g/mol. The number of nitrogens with two attached hydrogens (primary N) is 1. The van der Waals surface area contributed by atoms with Crippen LogP contribution in [0.2, 0.25) is 0 Å². The third-order valence-corrected chi connectivity index (χ3v) is 9.98. The number of benzene rings is 1. The van der Waals surface area contributed by atoms with Crippen LogP contribution in [-0.2, 0) is 0 Å². The minimum absolute atomic E-state index is 0.0744. The van der Waals surface area contributed by atoms with E-state index in [4.69, 9.17) is 5.73 Å². The number of urea groups is 1. The lowest BCUT2D eigenvalue weighted by molar-refractivity contribution is 0.194. The molecular formula is C24H33N5OS3. The number of carbonyl (C=O) groups excluding carboxylic acids is 1. The Kier molecular flexibility index (Phi) is 8.86. The number of hydrogen-bond donors (Lipinski definition) is 2. The molecule has 6 nitrogen and oxygen atoms in total. The van der Waals surface area contributed by atoms with Gasteiger partial charge in [0, 0.05) is 49.4 Å². The van der Waals surface area contributed by atoms with Crippen molar-refractivity contribution < 1.29 is 4.79 Å². The Morgan fingerprint density at radius 3 is 2.76 bits per heavy atom. The molecule has 0 spiro atoms. The monoisotopic (exact) mass is 503 g/mol. The zero-order chi connectivity index (χ0) is 23.0. The molecule has 0 aliphatic carbocycles. The van der Waals surface area contributed by atoms with Crippen LogP contribution in [0.3, 0.4) is 0 Å². The van der Waals surface area contributed by atoms with Crippen molar-refractivity contribution in [2.24, 2.45) is 10.7 Å². The van der Waals surface area contributed by atoms with Gasteiger partial charge in [0.1, 0.15) is 5.84 Å². The van der Waals surface area contributed by atoms with Gasteiger partial charge >= 0.3 is 6.03 Å². The Morgan fingerprint density at radius 2 is 2.06 bits per heavy atom. The lowest BCUT2D eigenvalue weighted by atomic mass is 10.1. The number of aliphatic imine (C=N–C) groups is 1. The predicted molar refractivity (Wildman–Crippen MR) is 145 cm³/mol. The number of piperazine rings is 1. The van der Waals surface area contributed by atoms with Gasteiger partial charge in [-0.1, -0.05) is 34.1 Å². The van der Waals surface area contributed by atoms with E-state index in [1.807, 2.05) is 50.1 Å². The highest BCUT2D eigenvalue weighted by Crippen LogP contribution is 2.39. The summed E-state index contributed by atoms with van der Waals surface area (Å²) in [5.74, 6) is 1.84. The van der Waals surface area contributed by atoms with Gasteiger partial charge < -0.3 is 20.9 Å². The van der Waals surface area contributed by atoms with Crippen LogP contribution in [0.1, 0.15) is 36.1 Å². The molecule has 2 aromatic rings. The molecule has 3 N–H and O–H groups in total. The molecule has 1 aromatic heterocycles. The predicted octanol–water partition coefficient (Wildman–Crippen LogP) is 5.25. The molecule has 2 aliphatic rings. The number of aryl methyl sites for hydroxylation is 1. The third-order valence-electron chi connectivity index (χ3n) is 6.08. The van der Waals surface area contributed by atoms with Gasteiger partial charge in [-0.2, -0.15) is 0 Å². The number of unbranched alkanes of at least 4 members (excludes halogenated alkanes) is 1. The van der Waals surface area contributed by atoms with E-state index in [-0.39, 0.29) is 6.03 Å². The molecule has 2 aliphatic heterocycles. The molecule has 2 saturated heterocycles. The van der Waals surface area contributed by atoms with E-state index < -0.39 is 0 Å². The van der Waals surface area contributed by atoms with Gasteiger partial charge in [-0.25, -0.2) is 9.79 Å². The Balaban J connectivity index is 1.21. The van der Waals surface area contributed by atoms with Crippen LogP contribution in [0.5, 0.6) is 0 Å². The second kappa shape index (κ2) is 12.0. The number of nitrogens with zero attached hydrogens (tertiary/aromatic N) is 3. The average molecular weight is 504 g/mol. The zero-order valence-electron chi connectivity index (χ0n) is 19.2. The number of hydrogen-bond acceptors (Lipinski definition) is 6. The zero-order valence-corrected chi connectivity index (χ0v) is 21.6. The van der Waals surface area contributed by atoms with Crippen molar-refractivity contribution in [1.29, 1.82) is 0 Å². The fourth-order valence-electron chi connectivity index (χ4n) is 4.11. The van der Waals surface area contributed by atoms with Gasteiger partial charge in [0.25, 0.3) is 0 Å². The van der Waals surface area contributed by atoms with Gasteiger partial charge in [0.2, 0.25) is 0 Å². The lowest BCUT2D eigenvalue weighted by Crippen LogP contribution is -2.52. The normalized spacial score (nSPS) is 19.2. The topological polar surface area (TPSA) is 74.0 Å². The van der Waals surface area contributed by atoms with Gasteiger partial charge in [-0.15, -0.1) is 11.3 Å². The van der Waals surface area contributed by atoms with E-state index in [0.29, 0.717) is 5.84 Å². The SMILES string of the molecule is Cc1cc(N2CCN(C(=O)NCCCCC3CCSS3)CC2)ccc1/N=C(\N)c1cccs1. The molecule has 178 valence electrons. The van der Waals surface area contributed by atoms with Crippen molar-refractivity contribution >= 4 is 56.2 Å². The van der Waals surface area contributed by atoms with E-state index in [1.54, 1.807) is 11.3 Å². The highest BCUT2D eigenvalue weighted by molar-refractivity contribution is 8.77. The first kappa shape index (κ1) is 24.3. The largest absolute Gasteiger partial charge is 0.383 e. The molecule has 1 aromatic carbocycles. The fourth-order valence-corrected chi connectivity index (χ4v) is 7.76. The van der Waals surface area contributed by atoms with Crippen molar-refractivity contribution in [3.8, 4) is 0 Å². The summed E-state index contributed by atoms with van der Waals surface area (Å²) in [6, 6.07) is 10.3. The minimum Gasteiger partial charge on any atom is -0.383 e. The van der Waals surface area contributed by atoms with Crippen LogP contribution in [0, 0.1) is 6.92 Å². The Hall–Kier alpha value is -1.84. The van der Waals surface area contributed by atoms with Crippen LogP contribution in [-0.4, -0.2) is 60.5 Å². The van der Waals surface area contributed by atoms with Crippen LogP contribution < -0.4 is 16.0 Å². The van der Waals surface area contributed by atoms with Crippen molar-refractivity contribution in [3.63, 3.8) is 0 Å². The molecule has 0 saturated carbocycles. The van der Waals surface area contributed by atoms with Crippen molar-refractivity contribution in [2.45, 2.75) is 37.9 Å². The highest BCUT2D eigenvalue weighted by atomic mass is 33.1. The number of carbonyl (C=O) groups is 1. The first-order chi connectivity index (χ1) is 16.1. The summed E-state index contributed by atoms with van der Waals surface area (Å²) < 4.78 is 0. The van der Waals surface area contributed by atoms with Crippen LogP contribution in [0.4, 0.5) is 16.2 Å². The van der Waals surface area contributed by atoms with E-state index in [1.165, 1.54) is 30.7 Å². The molecule has 4 rings (SSSR count). The Bertz CT molecular complexity index is 936. The third kappa shape index (κ3) is 6.83. The number of rotatable bonds is 8. The molecule has 0 bridgehead atoms. The summed E-state index contributed by atoms with van der Waals surface area (Å²) in [4.78, 5) is 22.4. The first-order valence-corrected chi connectivity index (χ1v) is 14.9. The summed E-state index contributed by atoms with van der Waals surface area (Å²) in [6.07, 6.45) is 4.88. The number of anilines is 1. The highest BCUT2D eigenvalue weighted by Gasteiger charge is 2.21. The molecule has 9 heteroatoms. The standard InChI is InChI=1S/C24H33N5OS3/c1-18-17-19(7-8-21(18)27-23(25)22-6-4-15-31-22)28-11-13-29(14-12-28)24(30)26-10-3-2-5-20-9-16-32-33-20/h4,6-8,15,17,20H,2-3,5,9-14,16H2,1H3,(H2,25,27)(H,26,30). The second-order valence-corrected chi connectivity index (χ2v) is 12.2. The van der Waals surface area contributed by atoms with Crippen LogP contribution in [0.25, 0.3) is 0 Å². The maximum Gasteiger partial charge on any atom is 0.317 e. The van der Waals surface area contributed by atoms with Crippen molar-refractivity contribution in [1.82, 2.24) is 10.2 Å². The molecule has 1 atom stereocenters. The van der Waals surface area contributed by atoms with Gasteiger partial charge in [-0.05, 0) is 61.4 Å². The molecule has 2 fully saturated rings. The lowest BCUT2D eigenvalue weighted by Gasteiger charge is -2.36. The van der Waals surface area contributed by atoms with E-state index in [2.05, 4.69) is 34.3 Å². The Morgan fingerprint density at radius 1 is 1.21 bits per heavy atom. The van der Waals surface area contributed by atoms with Crippen molar-refractivity contribution in [3.05, 3.63) is 46.2 Å². The summed E-state index contributed by atoms with van der Waals surface area (Å²) in [6.45, 7) is 6.00. The van der Waals surface area contributed by atoms with Crippen LogP contribution in [0.15, 0.2) is 40.7 Å². The Labute approximate surface area is 208 Å². The molecule has 0 radical (unpaired) electrons. The molecule has 3 heterocycles. The number of amides is 2. The molecule has 1 unspecified atom stereocenters. The van der Waals surface area contributed by atoms with Gasteiger partial charge in [-0.3, -0.25) is 0 Å². The maximum absolute atomic E-state index is 12.5. The first-order valence-electron chi connectivity index (χ1n) is 11.6. The van der Waals surface area contributed by atoms with Gasteiger partial charge in [0.15, 0.2) is 0 Å². The van der Waals surface area contributed by atoms with Crippen LogP contribution >= 0.6 is 32.9 Å². The van der Waals surface area contributed by atoms with E-state index in [9.17, 15) is 4.79 Å². The maximum atomic E-state index is 12.5. The minimum atomic E-state index is 0.0744. The van der Waals surface area contributed by atoms with E-state index in [0.717, 1.165) is 60.5 Å².